The van der Waals surface area contributed by atoms with Crippen LogP contribution in [-0.4, -0.2) is 43.4 Å². The van der Waals surface area contributed by atoms with Gasteiger partial charge in [-0.05, 0) is 24.7 Å². The Hall–Kier alpha value is -0.170. The molecule has 94 valence electrons. The molecule has 2 unspecified atom stereocenters. The van der Waals surface area contributed by atoms with Gasteiger partial charge in [-0.2, -0.15) is 12.7 Å². The van der Waals surface area contributed by atoms with Crippen molar-refractivity contribution in [1.29, 1.82) is 0 Å². The van der Waals surface area contributed by atoms with Crippen molar-refractivity contribution in [3.05, 3.63) is 0 Å². The lowest BCUT2D eigenvalue weighted by Crippen LogP contribution is -2.48. The third-order valence-electron chi connectivity index (χ3n) is 3.14. The lowest BCUT2D eigenvalue weighted by molar-refractivity contribution is -0.0357. The van der Waals surface area contributed by atoms with Crippen molar-refractivity contribution in [2.75, 3.05) is 26.2 Å². The van der Waals surface area contributed by atoms with E-state index in [2.05, 4.69) is 13.8 Å². The van der Waals surface area contributed by atoms with Gasteiger partial charge in [-0.15, -0.1) is 0 Å². The van der Waals surface area contributed by atoms with Crippen LogP contribution in [0.3, 0.4) is 0 Å². The van der Waals surface area contributed by atoms with Crippen molar-refractivity contribution >= 4 is 10.2 Å². The van der Waals surface area contributed by atoms with Crippen molar-refractivity contribution in [2.24, 2.45) is 11.8 Å². The lowest BCUT2D eigenvalue weighted by Gasteiger charge is -2.35. The minimum Gasteiger partial charge on any atom is -0.283 e. The number of hydrogen-bond donors (Lipinski definition) is 0. The molecule has 0 N–H and O–H groups in total. The first-order valence-electron chi connectivity index (χ1n) is 5.91. The molecule has 2 aliphatic heterocycles. The smallest absolute Gasteiger partial charge is 0.283 e. The zero-order valence-corrected chi connectivity index (χ0v) is 10.7. The highest BCUT2D eigenvalue weighted by atomic mass is 32.2. The Morgan fingerprint density at radius 2 is 1.81 bits per heavy atom. The van der Waals surface area contributed by atoms with Gasteiger partial charge in [0.2, 0.25) is 0 Å². The van der Waals surface area contributed by atoms with Crippen molar-refractivity contribution in [3.8, 4) is 0 Å². The zero-order chi connectivity index (χ0) is 11.8. The van der Waals surface area contributed by atoms with Crippen molar-refractivity contribution in [1.82, 2.24) is 8.77 Å². The normalized spacial score (nSPS) is 34.4. The van der Waals surface area contributed by atoms with Crippen LogP contribution in [0.25, 0.3) is 0 Å². The van der Waals surface area contributed by atoms with E-state index in [-0.39, 0.29) is 0 Å². The summed E-state index contributed by atoms with van der Waals surface area (Å²) >= 11 is 0. The van der Waals surface area contributed by atoms with Gasteiger partial charge in [0.1, 0.15) is 0 Å². The molecule has 0 saturated carbocycles. The van der Waals surface area contributed by atoms with Crippen LogP contribution in [-0.2, 0) is 15.0 Å². The van der Waals surface area contributed by atoms with Gasteiger partial charge < -0.3 is 0 Å². The second-order valence-electron chi connectivity index (χ2n) is 4.98. The Balaban J connectivity index is 2.10. The van der Waals surface area contributed by atoms with E-state index in [1.807, 2.05) is 0 Å². The summed E-state index contributed by atoms with van der Waals surface area (Å²) in [5.74, 6) is 0.863. The van der Waals surface area contributed by atoms with E-state index >= 15 is 0 Å². The van der Waals surface area contributed by atoms with E-state index in [1.165, 1.54) is 0 Å². The maximum absolute atomic E-state index is 12.2. The Morgan fingerprint density at radius 3 is 2.31 bits per heavy atom. The average Bonchev–Trinajstić information content (AvgIpc) is 2.69. The summed E-state index contributed by atoms with van der Waals surface area (Å²) in [6, 6.07) is 0. The van der Waals surface area contributed by atoms with Gasteiger partial charge in [-0.25, -0.2) is 0 Å². The molecule has 0 radical (unpaired) electrons. The maximum atomic E-state index is 12.2. The van der Waals surface area contributed by atoms with Crippen molar-refractivity contribution in [3.63, 3.8) is 0 Å². The number of nitrogens with zero attached hydrogens (tertiary/aromatic N) is 2. The standard InChI is InChI=1S/C10H20N2O3S/c1-9-6-10(2)8-11(7-9)16(13,14)12-4-3-5-15-12/h9-10H,3-8H2,1-2H3. The average molecular weight is 248 g/mol. The molecule has 0 aliphatic carbocycles. The molecule has 2 fully saturated rings. The molecule has 0 aromatic rings. The molecule has 0 amide bonds. The summed E-state index contributed by atoms with van der Waals surface area (Å²) in [4.78, 5) is 5.15. The molecule has 2 heterocycles. The van der Waals surface area contributed by atoms with Gasteiger partial charge in [0.15, 0.2) is 0 Å². The van der Waals surface area contributed by atoms with E-state index in [4.69, 9.17) is 4.84 Å². The van der Waals surface area contributed by atoms with E-state index in [9.17, 15) is 8.42 Å². The van der Waals surface area contributed by atoms with Crippen LogP contribution >= 0.6 is 0 Å². The molecule has 0 aromatic carbocycles. The molecule has 0 bridgehead atoms. The molecule has 2 atom stereocenters. The summed E-state index contributed by atoms with van der Waals surface area (Å²) in [6.45, 7) is 6.44. The Morgan fingerprint density at radius 1 is 1.19 bits per heavy atom. The van der Waals surface area contributed by atoms with Crippen LogP contribution in [0.5, 0.6) is 0 Å². The molecule has 2 saturated heterocycles. The topological polar surface area (TPSA) is 49.9 Å². The fraction of sp³-hybridized carbons (Fsp3) is 1.00. The van der Waals surface area contributed by atoms with Gasteiger partial charge in [0.25, 0.3) is 0 Å². The molecule has 16 heavy (non-hydrogen) atoms. The summed E-state index contributed by atoms with van der Waals surface area (Å²) < 4.78 is 27.1. The van der Waals surface area contributed by atoms with Gasteiger partial charge in [-0.3, -0.25) is 4.84 Å². The van der Waals surface area contributed by atoms with Gasteiger partial charge in [0.05, 0.1) is 6.61 Å². The van der Waals surface area contributed by atoms with Crippen LogP contribution in [0.2, 0.25) is 0 Å². The van der Waals surface area contributed by atoms with Crippen LogP contribution in [0.15, 0.2) is 0 Å². The lowest BCUT2D eigenvalue weighted by atomic mass is 9.94. The molecule has 5 nitrogen and oxygen atoms in total. The SMILES string of the molecule is CC1CC(C)CN(S(=O)(=O)N2CCCO2)C1. The zero-order valence-electron chi connectivity index (χ0n) is 9.92. The highest BCUT2D eigenvalue weighted by molar-refractivity contribution is 7.86. The number of rotatable bonds is 2. The summed E-state index contributed by atoms with van der Waals surface area (Å²) in [7, 11) is -3.38. The minimum absolute atomic E-state index is 0.432. The Bertz CT molecular complexity index is 328. The van der Waals surface area contributed by atoms with Crippen molar-refractivity contribution in [2.45, 2.75) is 26.7 Å². The van der Waals surface area contributed by atoms with Gasteiger partial charge in [0, 0.05) is 19.6 Å². The minimum atomic E-state index is -3.38. The molecule has 2 aliphatic rings. The maximum Gasteiger partial charge on any atom is 0.304 e. The summed E-state index contributed by atoms with van der Waals surface area (Å²) in [5, 5.41) is 0. The van der Waals surface area contributed by atoms with Crippen LogP contribution in [0.4, 0.5) is 0 Å². The highest BCUT2D eigenvalue weighted by Crippen LogP contribution is 2.25. The predicted octanol–water partition coefficient (Wildman–Crippen LogP) is 0.846. The third-order valence-corrected chi connectivity index (χ3v) is 4.89. The quantitative estimate of drug-likeness (QED) is 0.728. The Kier molecular flexibility index (Phi) is 3.53. The van der Waals surface area contributed by atoms with Gasteiger partial charge in [-0.1, -0.05) is 18.3 Å². The molecule has 6 heteroatoms. The Labute approximate surface area is 97.5 Å². The predicted molar refractivity (Wildman–Crippen MR) is 60.7 cm³/mol. The van der Waals surface area contributed by atoms with Crippen LogP contribution < -0.4 is 0 Å². The summed E-state index contributed by atoms with van der Waals surface area (Å²) in [6.07, 6.45) is 1.89. The molecule has 0 spiro atoms. The monoisotopic (exact) mass is 248 g/mol. The van der Waals surface area contributed by atoms with E-state index in [0.717, 1.165) is 17.3 Å². The number of hydroxylamine groups is 1. The highest BCUT2D eigenvalue weighted by Gasteiger charge is 2.36. The summed E-state index contributed by atoms with van der Waals surface area (Å²) in [5.41, 5.74) is 0. The van der Waals surface area contributed by atoms with E-state index in [1.54, 1.807) is 4.31 Å². The molecule has 2 rings (SSSR count). The van der Waals surface area contributed by atoms with Crippen LogP contribution in [0.1, 0.15) is 26.7 Å². The molecule has 0 aromatic heterocycles. The first kappa shape index (κ1) is 12.3. The second kappa shape index (κ2) is 4.60. The van der Waals surface area contributed by atoms with Crippen LogP contribution in [0, 0.1) is 11.8 Å². The fourth-order valence-electron chi connectivity index (χ4n) is 2.53. The first-order valence-corrected chi connectivity index (χ1v) is 7.30. The first-order chi connectivity index (χ1) is 7.50. The number of hydrogen-bond acceptors (Lipinski definition) is 3. The number of piperidine rings is 1. The third kappa shape index (κ3) is 2.40. The van der Waals surface area contributed by atoms with Crippen molar-refractivity contribution < 1.29 is 13.3 Å². The molecular weight excluding hydrogens is 228 g/mol. The van der Waals surface area contributed by atoms with E-state index in [0.29, 0.717) is 38.1 Å². The fourth-order valence-corrected chi connectivity index (χ4v) is 4.24. The molecular formula is C10H20N2O3S. The second-order valence-corrected chi connectivity index (χ2v) is 6.80. The van der Waals surface area contributed by atoms with E-state index < -0.39 is 10.2 Å². The van der Waals surface area contributed by atoms with Gasteiger partial charge >= 0.3 is 10.2 Å². The largest absolute Gasteiger partial charge is 0.304 e.